The summed E-state index contributed by atoms with van der Waals surface area (Å²) in [5.74, 6) is -0.169. The van der Waals surface area contributed by atoms with Crippen molar-refractivity contribution in [2.75, 3.05) is 19.3 Å². The van der Waals surface area contributed by atoms with E-state index in [1.54, 1.807) is 42.7 Å². The number of amides is 1. The van der Waals surface area contributed by atoms with Crippen LogP contribution in [0.25, 0.3) is 0 Å². The average Bonchev–Trinajstić information content (AvgIpc) is 2.56. The first kappa shape index (κ1) is 19.4. The number of halogens is 1. The molecular formula is C17H20ClN3O3S. The molecule has 2 rings (SSSR count). The lowest BCUT2D eigenvalue weighted by Gasteiger charge is -2.20. The number of nitrogens with one attached hydrogen (secondary N) is 1. The van der Waals surface area contributed by atoms with E-state index in [4.69, 9.17) is 11.6 Å². The molecule has 1 heterocycles. The lowest BCUT2D eigenvalue weighted by molar-refractivity contribution is -0.120. The summed E-state index contributed by atoms with van der Waals surface area (Å²) in [6.45, 7) is 0.652. The summed E-state index contributed by atoms with van der Waals surface area (Å²) in [6.07, 6.45) is 4.63. The molecule has 0 unspecified atom stereocenters. The fourth-order valence-electron chi connectivity index (χ4n) is 2.23. The van der Waals surface area contributed by atoms with Crippen molar-refractivity contribution in [3.8, 4) is 0 Å². The van der Waals surface area contributed by atoms with Gasteiger partial charge in [0.05, 0.1) is 12.7 Å². The standard InChI is InChI=1S/C17H20ClN3O3S/c1-25(23,24)21(13-15-3-2-8-19-12-15)10-9-20-17(22)11-14-4-6-16(18)7-5-14/h2-8,12H,9-11,13H2,1H3,(H,20,22). The van der Waals surface area contributed by atoms with E-state index in [0.717, 1.165) is 17.4 Å². The molecule has 134 valence electrons. The van der Waals surface area contributed by atoms with Crippen molar-refractivity contribution < 1.29 is 13.2 Å². The summed E-state index contributed by atoms with van der Waals surface area (Å²) in [5.41, 5.74) is 1.64. The first-order chi connectivity index (χ1) is 11.8. The number of nitrogens with zero attached hydrogens (tertiary/aromatic N) is 2. The second-order valence-electron chi connectivity index (χ2n) is 5.61. The maximum absolute atomic E-state index is 12.0. The molecule has 0 radical (unpaired) electrons. The summed E-state index contributed by atoms with van der Waals surface area (Å²) < 4.78 is 25.1. The van der Waals surface area contributed by atoms with Gasteiger partial charge in [0.25, 0.3) is 0 Å². The van der Waals surface area contributed by atoms with Crippen LogP contribution >= 0.6 is 11.6 Å². The molecule has 6 nitrogen and oxygen atoms in total. The summed E-state index contributed by atoms with van der Waals surface area (Å²) in [4.78, 5) is 15.9. The van der Waals surface area contributed by atoms with Crippen LogP contribution in [-0.4, -0.2) is 43.0 Å². The zero-order valence-corrected chi connectivity index (χ0v) is 15.4. The van der Waals surface area contributed by atoms with Gasteiger partial charge in [0.1, 0.15) is 0 Å². The first-order valence-corrected chi connectivity index (χ1v) is 9.92. The van der Waals surface area contributed by atoms with E-state index in [1.165, 1.54) is 4.31 Å². The van der Waals surface area contributed by atoms with Crippen LogP contribution in [0.4, 0.5) is 0 Å². The van der Waals surface area contributed by atoms with Gasteiger partial charge in [0.2, 0.25) is 15.9 Å². The molecule has 1 aromatic carbocycles. The fraction of sp³-hybridized carbons (Fsp3) is 0.294. The molecule has 0 saturated heterocycles. The molecule has 0 bridgehead atoms. The van der Waals surface area contributed by atoms with Gasteiger partial charge in [-0.2, -0.15) is 4.31 Å². The minimum absolute atomic E-state index is 0.169. The largest absolute Gasteiger partial charge is 0.354 e. The van der Waals surface area contributed by atoms with E-state index >= 15 is 0 Å². The van der Waals surface area contributed by atoms with Crippen molar-refractivity contribution in [3.63, 3.8) is 0 Å². The van der Waals surface area contributed by atoms with E-state index in [9.17, 15) is 13.2 Å². The van der Waals surface area contributed by atoms with E-state index < -0.39 is 10.0 Å². The molecule has 0 spiro atoms. The van der Waals surface area contributed by atoms with Crippen LogP contribution < -0.4 is 5.32 Å². The van der Waals surface area contributed by atoms with Gasteiger partial charge < -0.3 is 5.32 Å². The molecule has 1 amide bonds. The fourth-order valence-corrected chi connectivity index (χ4v) is 3.16. The Morgan fingerprint density at radius 3 is 2.52 bits per heavy atom. The highest BCUT2D eigenvalue weighted by Crippen LogP contribution is 2.10. The molecular weight excluding hydrogens is 362 g/mol. The zero-order valence-electron chi connectivity index (χ0n) is 13.9. The Labute approximate surface area is 152 Å². The number of aromatic nitrogens is 1. The summed E-state index contributed by atoms with van der Waals surface area (Å²) in [7, 11) is -3.39. The second kappa shape index (κ2) is 8.94. The monoisotopic (exact) mass is 381 g/mol. The van der Waals surface area contributed by atoms with Crippen molar-refractivity contribution in [2.45, 2.75) is 13.0 Å². The van der Waals surface area contributed by atoms with Gasteiger partial charge in [-0.1, -0.05) is 29.8 Å². The van der Waals surface area contributed by atoms with E-state index in [-0.39, 0.29) is 32.0 Å². The van der Waals surface area contributed by atoms with Crippen LogP contribution in [0.3, 0.4) is 0 Å². The highest BCUT2D eigenvalue weighted by atomic mass is 35.5. The third-order valence-corrected chi connectivity index (χ3v) is 5.01. The number of carbonyl (C=O) groups excluding carboxylic acids is 1. The van der Waals surface area contributed by atoms with E-state index in [2.05, 4.69) is 10.3 Å². The third kappa shape index (κ3) is 6.81. The molecule has 1 N–H and O–H groups in total. The summed E-state index contributed by atoms with van der Waals surface area (Å²) in [5, 5.41) is 3.35. The van der Waals surface area contributed by atoms with Crippen molar-refractivity contribution in [3.05, 3.63) is 64.9 Å². The number of benzene rings is 1. The molecule has 0 fully saturated rings. The smallest absolute Gasteiger partial charge is 0.224 e. The van der Waals surface area contributed by atoms with E-state index in [1.807, 2.05) is 6.07 Å². The quantitative estimate of drug-likeness (QED) is 0.756. The van der Waals surface area contributed by atoms with Crippen molar-refractivity contribution in [1.82, 2.24) is 14.6 Å². The van der Waals surface area contributed by atoms with Gasteiger partial charge in [-0.25, -0.2) is 8.42 Å². The Morgan fingerprint density at radius 1 is 1.20 bits per heavy atom. The summed E-state index contributed by atoms with van der Waals surface area (Å²) in [6, 6.07) is 10.6. The van der Waals surface area contributed by atoms with Gasteiger partial charge in [-0.3, -0.25) is 9.78 Å². The van der Waals surface area contributed by atoms with Gasteiger partial charge in [-0.05, 0) is 29.3 Å². The normalized spacial score (nSPS) is 11.5. The number of rotatable bonds is 8. The number of sulfonamides is 1. The number of carbonyl (C=O) groups is 1. The predicted octanol–water partition coefficient (Wildman–Crippen LogP) is 1.86. The maximum Gasteiger partial charge on any atom is 0.224 e. The van der Waals surface area contributed by atoms with Crippen LogP contribution in [0, 0.1) is 0 Å². The summed E-state index contributed by atoms with van der Waals surface area (Å²) >= 11 is 5.81. The Balaban J connectivity index is 1.86. The maximum atomic E-state index is 12.0. The Kier molecular flexibility index (Phi) is 6.92. The number of hydrogen-bond donors (Lipinski definition) is 1. The molecule has 25 heavy (non-hydrogen) atoms. The minimum Gasteiger partial charge on any atom is -0.354 e. The molecule has 1 aromatic heterocycles. The molecule has 0 aliphatic heterocycles. The molecule has 8 heteroatoms. The SMILES string of the molecule is CS(=O)(=O)N(CCNC(=O)Cc1ccc(Cl)cc1)Cc1cccnc1. The molecule has 0 atom stereocenters. The molecule has 0 saturated carbocycles. The minimum atomic E-state index is -3.39. The number of pyridine rings is 1. The van der Waals surface area contributed by atoms with Gasteiger partial charge in [0.15, 0.2) is 0 Å². The highest BCUT2D eigenvalue weighted by molar-refractivity contribution is 7.88. The second-order valence-corrected chi connectivity index (χ2v) is 8.03. The van der Waals surface area contributed by atoms with Gasteiger partial charge >= 0.3 is 0 Å². The first-order valence-electron chi connectivity index (χ1n) is 7.70. The van der Waals surface area contributed by atoms with E-state index in [0.29, 0.717) is 5.02 Å². The Hall–Kier alpha value is -1.96. The topological polar surface area (TPSA) is 79.4 Å². The van der Waals surface area contributed by atoms with Crippen molar-refractivity contribution in [2.24, 2.45) is 0 Å². The van der Waals surface area contributed by atoms with Crippen LogP contribution in [0.1, 0.15) is 11.1 Å². The van der Waals surface area contributed by atoms with Crippen molar-refractivity contribution in [1.29, 1.82) is 0 Å². The van der Waals surface area contributed by atoms with Crippen LogP contribution in [0.2, 0.25) is 5.02 Å². The third-order valence-electron chi connectivity index (χ3n) is 3.51. The lowest BCUT2D eigenvalue weighted by atomic mass is 10.1. The lowest BCUT2D eigenvalue weighted by Crippen LogP contribution is -2.38. The Bertz CT molecular complexity index is 796. The van der Waals surface area contributed by atoms with Crippen LogP contribution in [-0.2, 0) is 27.8 Å². The Morgan fingerprint density at radius 2 is 1.92 bits per heavy atom. The van der Waals surface area contributed by atoms with Gasteiger partial charge in [-0.15, -0.1) is 0 Å². The van der Waals surface area contributed by atoms with Crippen LogP contribution in [0.5, 0.6) is 0 Å². The zero-order chi connectivity index (χ0) is 18.3. The number of hydrogen-bond acceptors (Lipinski definition) is 4. The molecule has 0 aliphatic carbocycles. The average molecular weight is 382 g/mol. The molecule has 0 aliphatic rings. The van der Waals surface area contributed by atoms with Crippen molar-refractivity contribution >= 4 is 27.5 Å². The predicted molar refractivity (Wildman–Crippen MR) is 97.7 cm³/mol. The van der Waals surface area contributed by atoms with Crippen LogP contribution in [0.15, 0.2) is 48.8 Å². The molecule has 2 aromatic rings. The van der Waals surface area contributed by atoms with Gasteiger partial charge in [0, 0.05) is 37.1 Å². The highest BCUT2D eigenvalue weighted by Gasteiger charge is 2.17.